The van der Waals surface area contributed by atoms with Gasteiger partial charge in [-0.3, -0.25) is 4.79 Å². The number of carbonyl (C=O) groups is 1. The third-order valence-corrected chi connectivity index (χ3v) is 4.55. The summed E-state index contributed by atoms with van der Waals surface area (Å²) in [5.74, 6) is 0.826. The van der Waals surface area contributed by atoms with Crippen LogP contribution < -0.4 is 10.1 Å². The summed E-state index contributed by atoms with van der Waals surface area (Å²) < 4.78 is 17.3. The molecule has 1 aliphatic heterocycles. The summed E-state index contributed by atoms with van der Waals surface area (Å²) in [6, 6.07) is 17.2. The fraction of sp³-hybridized carbons (Fsp3) is 0.286. The molecule has 1 unspecified atom stereocenters. The number of rotatable bonds is 6. The molecule has 5 nitrogen and oxygen atoms in total. The molecule has 3 aromatic rings. The lowest BCUT2D eigenvalue weighted by Crippen LogP contribution is -2.32. The molecule has 0 saturated carbocycles. The minimum atomic E-state index is -0.233. The van der Waals surface area contributed by atoms with Crippen LogP contribution in [-0.2, 0) is 11.3 Å². The zero-order chi connectivity index (χ0) is 17.8. The molecule has 2 aromatic carbocycles. The monoisotopic (exact) mass is 351 g/mol. The molecule has 1 amide bonds. The van der Waals surface area contributed by atoms with Gasteiger partial charge in [-0.05, 0) is 31.0 Å². The van der Waals surface area contributed by atoms with Crippen LogP contribution in [0.4, 0.5) is 0 Å². The summed E-state index contributed by atoms with van der Waals surface area (Å²) in [7, 11) is 0. The number of furan rings is 1. The van der Waals surface area contributed by atoms with E-state index in [9.17, 15) is 4.79 Å². The number of nitrogens with one attached hydrogen (secondary N) is 1. The van der Waals surface area contributed by atoms with E-state index in [2.05, 4.69) is 5.32 Å². The SMILES string of the molecule is O=C(NCC1CCCO1)c1oc2ccccc2c1COc1ccccc1. The van der Waals surface area contributed by atoms with E-state index >= 15 is 0 Å². The molecule has 0 spiro atoms. The third-order valence-electron chi connectivity index (χ3n) is 4.55. The van der Waals surface area contributed by atoms with Gasteiger partial charge in [0.05, 0.1) is 6.10 Å². The fourth-order valence-electron chi connectivity index (χ4n) is 3.19. The van der Waals surface area contributed by atoms with Crippen LogP contribution in [0.1, 0.15) is 29.0 Å². The number of hydrogen-bond acceptors (Lipinski definition) is 4. The number of benzene rings is 2. The average molecular weight is 351 g/mol. The van der Waals surface area contributed by atoms with E-state index in [1.165, 1.54) is 0 Å². The van der Waals surface area contributed by atoms with Gasteiger partial charge in [0.2, 0.25) is 0 Å². The summed E-state index contributed by atoms with van der Waals surface area (Å²) in [6.07, 6.45) is 2.11. The van der Waals surface area contributed by atoms with Gasteiger partial charge in [-0.2, -0.15) is 0 Å². The van der Waals surface area contributed by atoms with Gasteiger partial charge in [0.25, 0.3) is 5.91 Å². The number of carbonyl (C=O) groups excluding carboxylic acids is 1. The molecule has 26 heavy (non-hydrogen) atoms. The number of hydrogen-bond donors (Lipinski definition) is 1. The van der Waals surface area contributed by atoms with Crippen LogP contribution in [0.3, 0.4) is 0 Å². The molecule has 4 rings (SSSR count). The van der Waals surface area contributed by atoms with E-state index < -0.39 is 0 Å². The zero-order valence-electron chi connectivity index (χ0n) is 14.4. The summed E-state index contributed by atoms with van der Waals surface area (Å²) in [5.41, 5.74) is 1.44. The minimum absolute atomic E-state index is 0.0901. The number of para-hydroxylation sites is 2. The highest BCUT2D eigenvalue weighted by molar-refractivity contribution is 5.99. The predicted octanol–water partition coefficient (Wildman–Crippen LogP) is 3.92. The van der Waals surface area contributed by atoms with E-state index in [0.717, 1.165) is 36.1 Å². The molecule has 1 N–H and O–H groups in total. The van der Waals surface area contributed by atoms with Crippen molar-refractivity contribution >= 4 is 16.9 Å². The molecule has 1 aliphatic rings. The van der Waals surface area contributed by atoms with Gasteiger partial charge in [0.15, 0.2) is 5.76 Å². The lowest BCUT2D eigenvalue weighted by molar-refractivity contribution is 0.0834. The van der Waals surface area contributed by atoms with Crippen LogP contribution in [0, 0.1) is 0 Å². The zero-order valence-corrected chi connectivity index (χ0v) is 14.4. The Balaban J connectivity index is 1.55. The molecule has 0 bridgehead atoms. The van der Waals surface area contributed by atoms with E-state index in [1.54, 1.807) is 0 Å². The molecule has 1 fully saturated rings. The topological polar surface area (TPSA) is 60.7 Å². The van der Waals surface area contributed by atoms with E-state index in [0.29, 0.717) is 17.9 Å². The van der Waals surface area contributed by atoms with Gasteiger partial charge in [-0.15, -0.1) is 0 Å². The smallest absolute Gasteiger partial charge is 0.287 e. The van der Waals surface area contributed by atoms with Gasteiger partial charge >= 0.3 is 0 Å². The van der Waals surface area contributed by atoms with Crippen molar-refractivity contribution in [3.8, 4) is 5.75 Å². The summed E-state index contributed by atoms with van der Waals surface area (Å²) in [5, 5.41) is 3.82. The van der Waals surface area contributed by atoms with Crippen molar-refractivity contribution in [2.45, 2.75) is 25.6 Å². The number of ether oxygens (including phenoxy) is 2. The molecule has 0 aliphatic carbocycles. The number of fused-ring (bicyclic) bond motifs is 1. The van der Waals surface area contributed by atoms with E-state index in [4.69, 9.17) is 13.9 Å². The second-order valence-electron chi connectivity index (χ2n) is 6.35. The quantitative estimate of drug-likeness (QED) is 0.731. The molecule has 5 heteroatoms. The second-order valence-corrected chi connectivity index (χ2v) is 6.35. The largest absolute Gasteiger partial charge is 0.489 e. The maximum absolute atomic E-state index is 12.7. The van der Waals surface area contributed by atoms with E-state index in [1.807, 2.05) is 54.6 Å². The van der Waals surface area contributed by atoms with Crippen LogP contribution in [0.15, 0.2) is 59.0 Å². The Morgan fingerprint density at radius 3 is 2.73 bits per heavy atom. The highest BCUT2D eigenvalue weighted by atomic mass is 16.5. The van der Waals surface area contributed by atoms with Gasteiger partial charge < -0.3 is 19.2 Å². The molecule has 1 aromatic heterocycles. The van der Waals surface area contributed by atoms with Crippen LogP contribution in [0.25, 0.3) is 11.0 Å². The average Bonchev–Trinajstić information content (AvgIpc) is 3.33. The first-order valence-electron chi connectivity index (χ1n) is 8.89. The minimum Gasteiger partial charge on any atom is -0.489 e. The van der Waals surface area contributed by atoms with Gasteiger partial charge in [0.1, 0.15) is 17.9 Å². The Morgan fingerprint density at radius 1 is 1.12 bits per heavy atom. The number of amides is 1. The Morgan fingerprint density at radius 2 is 1.92 bits per heavy atom. The Kier molecular flexibility index (Phi) is 4.88. The summed E-state index contributed by atoms with van der Waals surface area (Å²) in [6.45, 7) is 1.53. The third kappa shape index (κ3) is 3.58. The lowest BCUT2D eigenvalue weighted by Gasteiger charge is -2.11. The van der Waals surface area contributed by atoms with Crippen LogP contribution in [-0.4, -0.2) is 25.2 Å². The van der Waals surface area contributed by atoms with Crippen molar-refractivity contribution in [2.75, 3.05) is 13.2 Å². The first-order valence-corrected chi connectivity index (χ1v) is 8.89. The highest BCUT2D eigenvalue weighted by Crippen LogP contribution is 2.27. The van der Waals surface area contributed by atoms with Crippen molar-refractivity contribution in [3.63, 3.8) is 0 Å². The van der Waals surface area contributed by atoms with Gasteiger partial charge in [0, 0.05) is 24.1 Å². The second kappa shape index (κ2) is 7.62. The van der Waals surface area contributed by atoms with Crippen LogP contribution in [0.5, 0.6) is 5.75 Å². The summed E-state index contributed by atoms with van der Waals surface area (Å²) in [4.78, 5) is 12.7. The molecular formula is C21H21NO4. The predicted molar refractivity (Wildman–Crippen MR) is 98.3 cm³/mol. The Hall–Kier alpha value is -2.79. The van der Waals surface area contributed by atoms with Crippen molar-refractivity contribution < 1.29 is 18.7 Å². The first kappa shape index (κ1) is 16.7. The molecule has 0 radical (unpaired) electrons. The van der Waals surface area contributed by atoms with Crippen molar-refractivity contribution in [1.82, 2.24) is 5.32 Å². The van der Waals surface area contributed by atoms with Crippen molar-refractivity contribution in [1.29, 1.82) is 0 Å². The molecule has 134 valence electrons. The maximum Gasteiger partial charge on any atom is 0.287 e. The van der Waals surface area contributed by atoms with Gasteiger partial charge in [-0.1, -0.05) is 36.4 Å². The molecule has 1 saturated heterocycles. The lowest BCUT2D eigenvalue weighted by atomic mass is 10.1. The fourth-order valence-corrected chi connectivity index (χ4v) is 3.19. The molecule has 2 heterocycles. The van der Waals surface area contributed by atoms with E-state index in [-0.39, 0.29) is 18.6 Å². The first-order chi connectivity index (χ1) is 12.8. The van der Waals surface area contributed by atoms with Crippen LogP contribution in [0.2, 0.25) is 0 Å². The normalized spacial score (nSPS) is 16.7. The maximum atomic E-state index is 12.7. The summed E-state index contributed by atoms with van der Waals surface area (Å²) >= 11 is 0. The molecule has 1 atom stereocenters. The highest BCUT2D eigenvalue weighted by Gasteiger charge is 2.23. The molecular weight excluding hydrogens is 330 g/mol. The van der Waals surface area contributed by atoms with Crippen molar-refractivity contribution in [3.05, 3.63) is 65.9 Å². The Bertz CT molecular complexity index is 881. The Labute approximate surface area is 151 Å². The standard InChI is InChI=1S/C21H21NO4/c23-21(22-13-16-9-6-12-24-16)20-18(14-25-15-7-2-1-3-8-15)17-10-4-5-11-19(17)26-20/h1-5,7-8,10-11,16H,6,9,12-14H2,(H,22,23). The van der Waals surface area contributed by atoms with Crippen LogP contribution >= 0.6 is 0 Å². The van der Waals surface area contributed by atoms with Gasteiger partial charge in [-0.25, -0.2) is 0 Å². The van der Waals surface area contributed by atoms with Crippen molar-refractivity contribution in [2.24, 2.45) is 0 Å².